The van der Waals surface area contributed by atoms with Crippen molar-refractivity contribution in [1.29, 1.82) is 5.41 Å². The number of amidine groups is 1. The minimum absolute atomic E-state index is 0.157. The molecule has 5 nitrogen and oxygen atoms in total. The standard InChI is InChI=1S/C18H16N2O3S/c19-18-20-17(21)16(24-18)12-13-6-8-15(9-7-13)23-11-10-22-14-4-2-1-3-5-14/h1-9,12H,10-11H2,(H2,19,20,21)/b16-12-. The van der Waals surface area contributed by atoms with Gasteiger partial charge in [-0.05, 0) is 47.7 Å². The second kappa shape index (κ2) is 7.70. The average molecular weight is 340 g/mol. The van der Waals surface area contributed by atoms with Gasteiger partial charge >= 0.3 is 0 Å². The van der Waals surface area contributed by atoms with Gasteiger partial charge in [-0.15, -0.1) is 0 Å². The zero-order chi connectivity index (χ0) is 16.8. The van der Waals surface area contributed by atoms with E-state index in [2.05, 4.69) is 5.32 Å². The largest absolute Gasteiger partial charge is 0.490 e. The molecule has 1 aliphatic rings. The molecule has 1 aliphatic heterocycles. The molecule has 6 heteroatoms. The summed E-state index contributed by atoms with van der Waals surface area (Å²) in [6, 6.07) is 17.0. The van der Waals surface area contributed by atoms with E-state index in [1.165, 1.54) is 0 Å². The monoisotopic (exact) mass is 340 g/mol. The Morgan fingerprint density at radius 3 is 2.17 bits per heavy atom. The summed E-state index contributed by atoms with van der Waals surface area (Å²) in [7, 11) is 0. The quantitative estimate of drug-likeness (QED) is 0.625. The number of benzene rings is 2. The Bertz CT molecular complexity index is 758. The van der Waals surface area contributed by atoms with Crippen LogP contribution in [0.5, 0.6) is 11.5 Å². The summed E-state index contributed by atoms with van der Waals surface area (Å²) >= 11 is 1.12. The first-order chi connectivity index (χ1) is 11.7. The molecular formula is C18H16N2O3S. The van der Waals surface area contributed by atoms with E-state index in [4.69, 9.17) is 14.9 Å². The summed E-state index contributed by atoms with van der Waals surface area (Å²) in [5.74, 6) is 1.33. The van der Waals surface area contributed by atoms with E-state index >= 15 is 0 Å². The topological polar surface area (TPSA) is 71.4 Å². The molecule has 0 saturated carbocycles. The van der Waals surface area contributed by atoms with E-state index < -0.39 is 0 Å². The number of nitrogens with one attached hydrogen (secondary N) is 2. The molecule has 0 bridgehead atoms. The Labute approximate surface area is 144 Å². The molecule has 2 aromatic carbocycles. The lowest BCUT2D eigenvalue weighted by atomic mass is 10.2. The molecule has 3 rings (SSSR count). The second-order valence-electron chi connectivity index (χ2n) is 4.97. The number of carbonyl (C=O) groups excluding carboxylic acids is 1. The number of carbonyl (C=O) groups is 1. The molecule has 0 spiro atoms. The molecule has 0 aromatic heterocycles. The van der Waals surface area contributed by atoms with Crippen molar-refractivity contribution in [2.24, 2.45) is 0 Å². The minimum atomic E-state index is -0.233. The predicted octanol–water partition coefficient (Wildman–Crippen LogP) is 3.28. The van der Waals surface area contributed by atoms with Crippen LogP contribution < -0.4 is 14.8 Å². The molecule has 1 fully saturated rings. The molecule has 0 atom stereocenters. The summed E-state index contributed by atoms with van der Waals surface area (Å²) in [5, 5.41) is 10.0. The Balaban J connectivity index is 1.49. The predicted molar refractivity (Wildman–Crippen MR) is 95.3 cm³/mol. The Morgan fingerprint density at radius 1 is 0.958 bits per heavy atom. The third kappa shape index (κ3) is 4.39. The van der Waals surface area contributed by atoms with Gasteiger partial charge in [0.1, 0.15) is 24.7 Å². The van der Waals surface area contributed by atoms with Crippen molar-refractivity contribution in [3.05, 3.63) is 65.1 Å². The van der Waals surface area contributed by atoms with Crippen molar-refractivity contribution in [1.82, 2.24) is 5.32 Å². The van der Waals surface area contributed by atoms with Crippen LogP contribution in [-0.2, 0) is 4.79 Å². The van der Waals surface area contributed by atoms with Crippen molar-refractivity contribution in [2.45, 2.75) is 0 Å². The SMILES string of the molecule is N=C1NC(=O)/C(=C/c2ccc(OCCOc3ccccc3)cc2)S1. The van der Waals surface area contributed by atoms with Gasteiger partial charge in [-0.2, -0.15) is 0 Å². The molecule has 1 saturated heterocycles. The zero-order valence-corrected chi connectivity index (χ0v) is 13.6. The van der Waals surface area contributed by atoms with E-state index in [1.807, 2.05) is 54.6 Å². The van der Waals surface area contributed by atoms with Gasteiger partial charge in [0.2, 0.25) is 0 Å². The van der Waals surface area contributed by atoms with Crippen LogP contribution in [-0.4, -0.2) is 24.3 Å². The number of hydrogen-bond donors (Lipinski definition) is 2. The molecule has 122 valence electrons. The van der Waals surface area contributed by atoms with Crippen LogP contribution in [0, 0.1) is 5.41 Å². The molecule has 24 heavy (non-hydrogen) atoms. The molecule has 2 N–H and O–H groups in total. The third-order valence-corrected chi connectivity index (χ3v) is 4.03. The van der Waals surface area contributed by atoms with Gasteiger partial charge in [0.05, 0.1) is 4.91 Å². The van der Waals surface area contributed by atoms with Crippen molar-refractivity contribution in [2.75, 3.05) is 13.2 Å². The van der Waals surface area contributed by atoms with E-state index in [0.717, 1.165) is 28.8 Å². The van der Waals surface area contributed by atoms with Crippen molar-refractivity contribution < 1.29 is 14.3 Å². The van der Waals surface area contributed by atoms with Crippen molar-refractivity contribution in [3.8, 4) is 11.5 Å². The summed E-state index contributed by atoms with van der Waals surface area (Å²) in [5.41, 5.74) is 0.884. The van der Waals surface area contributed by atoms with Crippen LogP contribution >= 0.6 is 11.8 Å². The van der Waals surface area contributed by atoms with Crippen LogP contribution in [0.1, 0.15) is 5.56 Å². The summed E-state index contributed by atoms with van der Waals surface area (Å²) in [6.45, 7) is 0.916. The van der Waals surface area contributed by atoms with Crippen LogP contribution in [0.4, 0.5) is 0 Å². The molecule has 1 amide bonds. The van der Waals surface area contributed by atoms with E-state index in [9.17, 15) is 4.79 Å². The normalized spacial score (nSPS) is 15.4. The van der Waals surface area contributed by atoms with Gasteiger partial charge in [-0.3, -0.25) is 10.2 Å². The molecule has 0 aliphatic carbocycles. The van der Waals surface area contributed by atoms with Gasteiger partial charge in [0, 0.05) is 0 Å². The van der Waals surface area contributed by atoms with E-state index in [-0.39, 0.29) is 11.1 Å². The number of ether oxygens (including phenoxy) is 2. The Morgan fingerprint density at radius 2 is 1.58 bits per heavy atom. The van der Waals surface area contributed by atoms with Gasteiger partial charge in [0.15, 0.2) is 5.17 Å². The highest BCUT2D eigenvalue weighted by Gasteiger charge is 2.21. The first kappa shape index (κ1) is 16.1. The first-order valence-corrected chi connectivity index (χ1v) is 8.22. The summed E-state index contributed by atoms with van der Waals surface area (Å²) < 4.78 is 11.2. The van der Waals surface area contributed by atoms with Gasteiger partial charge in [-0.1, -0.05) is 30.3 Å². The molecule has 1 heterocycles. The highest BCUT2D eigenvalue weighted by Crippen LogP contribution is 2.25. The zero-order valence-electron chi connectivity index (χ0n) is 12.8. The van der Waals surface area contributed by atoms with Gasteiger partial charge in [0.25, 0.3) is 5.91 Å². The molecule has 2 aromatic rings. The maximum absolute atomic E-state index is 11.6. The number of para-hydroxylation sites is 1. The van der Waals surface area contributed by atoms with Crippen LogP contribution in [0.25, 0.3) is 6.08 Å². The maximum Gasteiger partial charge on any atom is 0.264 e. The van der Waals surface area contributed by atoms with Gasteiger partial charge in [-0.25, -0.2) is 0 Å². The summed E-state index contributed by atoms with van der Waals surface area (Å²) in [6.07, 6.45) is 1.75. The minimum Gasteiger partial charge on any atom is -0.490 e. The highest BCUT2D eigenvalue weighted by atomic mass is 32.2. The van der Waals surface area contributed by atoms with Gasteiger partial charge < -0.3 is 14.8 Å². The fraction of sp³-hybridized carbons (Fsp3) is 0.111. The Hall–Kier alpha value is -2.73. The third-order valence-electron chi connectivity index (χ3n) is 3.20. The fourth-order valence-corrected chi connectivity index (χ4v) is 2.79. The average Bonchev–Trinajstić information content (AvgIpc) is 2.91. The number of thioether (sulfide) groups is 1. The number of amides is 1. The van der Waals surface area contributed by atoms with Crippen molar-refractivity contribution >= 4 is 28.9 Å². The molecule has 0 radical (unpaired) electrons. The second-order valence-corrected chi connectivity index (χ2v) is 6.03. The molecule has 0 unspecified atom stereocenters. The van der Waals surface area contributed by atoms with E-state index in [1.54, 1.807) is 6.08 Å². The Kier molecular flexibility index (Phi) is 5.18. The fourth-order valence-electron chi connectivity index (χ4n) is 2.09. The lowest BCUT2D eigenvalue weighted by Crippen LogP contribution is -2.18. The van der Waals surface area contributed by atoms with Crippen LogP contribution in [0.2, 0.25) is 0 Å². The van der Waals surface area contributed by atoms with Crippen LogP contribution in [0.3, 0.4) is 0 Å². The van der Waals surface area contributed by atoms with Crippen LogP contribution in [0.15, 0.2) is 59.5 Å². The lowest BCUT2D eigenvalue weighted by molar-refractivity contribution is -0.115. The van der Waals surface area contributed by atoms with E-state index in [0.29, 0.717) is 18.1 Å². The van der Waals surface area contributed by atoms with Crippen molar-refractivity contribution in [3.63, 3.8) is 0 Å². The maximum atomic E-state index is 11.6. The smallest absolute Gasteiger partial charge is 0.264 e. The first-order valence-electron chi connectivity index (χ1n) is 7.41. The highest BCUT2D eigenvalue weighted by molar-refractivity contribution is 8.18. The molecular weight excluding hydrogens is 324 g/mol. The number of hydrogen-bond acceptors (Lipinski definition) is 5. The lowest BCUT2D eigenvalue weighted by Gasteiger charge is -2.08. The number of rotatable bonds is 6. The summed E-state index contributed by atoms with van der Waals surface area (Å²) in [4.78, 5) is 12.1.